The average molecular weight is 270 g/mol. The normalized spacial score (nSPS) is 10.3. The first kappa shape index (κ1) is 13.7. The monoisotopic (exact) mass is 270 g/mol. The molecule has 0 radical (unpaired) electrons. The molecule has 17 heavy (non-hydrogen) atoms. The summed E-state index contributed by atoms with van der Waals surface area (Å²) >= 11 is 3.07. The van der Waals surface area contributed by atoms with E-state index in [2.05, 4.69) is 20.3 Å². The van der Waals surface area contributed by atoms with Gasteiger partial charge in [0.1, 0.15) is 5.65 Å². The topological polar surface area (TPSA) is 70.1 Å². The van der Waals surface area contributed by atoms with Crippen LogP contribution in [0.25, 0.3) is 10.3 Å². The van der Waals surface area contributed by atoms with Crippen LogP contribution in [0, 0.1) is 0 Å². The minimum Gasteiger partial charge on any atom is -0.355 e. The smallest absolute Gasteiger partial charge is 0.254 e. The number of aliphatic imine (C=N–C) groups is 1. The van der Waals surface area contributed by atoms with E-state index in [0.29, 0.717) is 5.56 Å². The van der Waals surface area contributed by atoms with Crippen LogP contribution in [0.15, 0.2) is 16.7 Å². The molecule has 0 spiro atoms. The van der Waals surface area contributed by atoms with E-state index in [9.17, 15) is 4.79 Å². The van der Waals surface area contributed by atoms with E-state index >= 15 is 0 Å². The van der Waals surface area contributed by atoms with Crippen molar-refractivity contribution in [2.24, 2.45) is 4.99 Å². The molecule has 0 aromatic carbocycles. The molecule has 2 rings (SSSR count). The SMILES string of the molecule is CN=CSC.CNC(=O)c1c[nH]c2ncsc12. The Labute approximate surface area is 108 Å². The van der Waals surface area contributed by atoms with E-state index in [1.54, 1.807) is 43.1 Å². The van der Waals surface area contributed by atoms with E-state index in [1.807, 2.05) is 6.26 Å². The summed E-state index contributed by atoms with van der Waals surface area (Å²) in [6.45, 7) is 0. The molecule has 7 heteroatoms. The number of carbonyl (C=O) groups is 1. The fourth-order valence-corrected chi connectivity index (χ4v) is 2.13. The lowest BCUT2D eigenvalue weighted by molar-refractivity contribution is 0.0965. The van der Waals surface area contributed by atoms with Gasteiger partial charge in [-0.1, -0.05) is 0 Å². The second-order valence-electron chi connectivity index (χ2n) is 2.91. The molecule has 5 nitrogen and oxygen atoms in total. The van der Waals surface area contributed by atoms with Gasteiger partial charge in [0.15, 0.2) is 0 Å². The highest BCUT2D eigenvalue weighted by Crippen LogP contribution is 2.20. The van der Waals surface area contributed by atoms with Crippen molar-refractivity contribution in [2.75, 3.05) is 20.4 Å². The molecule has 2 aromatic rings. The molecule has 1 amide bonds. The maximum absolute atomic E-state index is 11.2. The molecular weight excluding hydrogens is 256 g/mol. The molecule has 0 saturated heterocycles. The van der Waals surface area contributed by atoms with Gasteiger partial charge in [-0.2, -0.15) is 0 Å². The Kier molecular flexibility index (Phi) is 5.71. The molecule has 2 N–H and O–H groups in total. The lowest BCUT2D eigenvalue weighted by Crippen LogP contribution is -2.16. The first-order valence-corrected chi connectivity index (χ1v) is 6.97. The highest BCUT2D eigenvalue weighted by Gasteiger charge is 2.11. The number of aromatic nitrogens is 2. The Hall–Kier alpha value is -1.34. The van der Waals surface area contributed by atoms with Gasteiger partial charge in [-0.3, -0.25) is 9.79 Å². The molecule has 0 aliphatic heterocycles. The fourth-order valence-electron chi connectivity index (χ4n) is 1.15. The third kappa shape index (κ3) is 3.57. The zero-order chi connectivity index (χ0) is 12.7. The van der Waals surface area contributed by atoms with Crippen molar-refractivity contribution in [1.29, 1.82) is 0 Å². The minimum atomic E-state index is -0.0782. The second kappa shape index (κ2) is 7.08. The van der Waals surface area contributed by atoms with E-state index in [1.165, 1.54) is 11.3 Å². The van der Waals surface area contributed by atoms with Gasteiger partial charge < -0.3 is 10.3 Å². The predicted molar refractivity (Wildman–Crippen MR) is 75.3 cm³/mol. The molecule has 2 heterocycles. The van der Waals surface area contributed by atoms with E-state index in [0.717, 1.165) is 10.3 Å². The van der Waals surface area contributed by atoms with E-state index < -0.39 is 0 Å². The Morgan fingerprint density at radius 1 is 1.71 bits per heavy atom. The Morgan fingerprint density at radius 3 is 3.00 bits per heavy atom. The molecule has 0 fully saturated rings. The van der Waals surface area contributed by atoms with Crippen LogP contribution >= 0.6 is 23.1 Å². The van der Waals surface area contributed by atoms with Crippen LogP contribution in [0.4, 0.5) is 0 Å². The number of amides is 1. The van der Waals surface area contributed by atoms with Gasteiger partial charge in [0.25, 0.3) is 5.91 Å². The molecule has 2 aromatic heterocycles. The summed E-state index contributed by atoms with van der Waals surface area (Å²) in [6, 6.07) is 0. The number of thioether (sulfide) groups is 1. The quantitative estimate of drug-likeness (QED) is 0.647. The number of carbonyl (C=O) groups excluding carboxylic acids is 1. The number of nitrogens with zero attached hydrogens (tertiary/aromatic N) is 2. The van der Waals surface area contributed by atoms with Crippen molar-refractivity contribution in [2.45, 2.75) is 0 Å². The van der Waals surface area contributed by atoms with Gasteiger partial charge in [-0.15, -0.1) is 23.1 Å². The summed E-state index contributed by atoms with van der Waals surface area (Å²) < 4.78 is 0.911. The zero-order valence-corrected chi connectivity index (χ0v) is 11.5. The maximum Gasteiger partial charge on any atom is 0.254 e. The lowest BCUT2D eigenvalue weighted by atomic mass is 10.3. The molecule has 0 saturated carbocycles. The first-order chi connectivity index (χ1) is 8.24. The number of fused-ring (bicyclic) bond motifs is 1. The average Bonchev–Trinajstić information content (AvgIpc) is 2.91. The minimum absolute atomic E-state index is 0.0782. The highest BCUT2D eigenvalue weighted by molar-refractivity contribution is 8.11. The summed E-state index contributed by atoms with van der Waals surface area (Å²) in [7, 11) is 3.37. The zero-order valence-electron chi connectivity index (χ0n) is 9.85. The lowest BCUT2D eigenvalue weighted by Gasteiger charge is -1.92. The molecule has 0 unspecified atom stereocenters. The van der Waals surface area contributed by atoms with Crippen LogP contribution in [0.1, 0.15) is 10.4 Å². The fraction of sp³-hybridized carbons (Fsp3) is 0.300. The van der Waals surface area contributed by atoms with Crippen LogP contribution in [-0.4, -0.2) is 41.8 Å². The van der Waals surface area contributed by atoms with Crippen molar-refractivity contribution in [1.82, 2.24) is 15.3 Å². The largest absolute Gasteiger partial charge is 0.355 e. The number of rotatable bonds is 2. The molecular formula is C10H14N4OS2. The van der Waals surface area contributed by atoms with E-state index in [-0.39, 0.29) is 5.91 Å². The van der Waals surface area contributed by atoms with Crippen LogP contribution in [-0.2, 0) is 0 Å². The summed E-state index contributed by atoms with van der Waals surface area (Å²) in [5.74, 6) is -0.0782. The van der Waals surface area contributed by atoms with Crippen molar-refractivity contribution in [3.63, 3.8) is 0 Å². The molecule has 0 aliphatic rings. The van der Waals surface area contributed by atoms with Gasteiger partial charge in [-0.25, -0.2) is 4.98 Å². The Bertz CT molecular complexity index is 503. The standard InChI is InChI=1S/C7H7N3OS.C3H7NS/c1-8-7(11)4-2-9-6-5(4)12-3-10-6;1-4-3-5-2/h2-3,9H,1H3,(H,8,11);3H,1-2H3. The number of H-pyrrole nitrogens is 1. The third-order valence-electron chi connectivity index (χ3n) is 1.85. The molecule has 0 atom stereocenters. The summed E-state index contributed by atoms with van der Waals surface area (Å²) in [6.07, 6.45) is 3.65. The highest BCUT2D eigenvalue weighted by atomic mass is 32.2. The number of hydrogen-bond acceptors (Lipinski definition) is 5. The molecule has 92 valence electrons. The van der Waals surface area contributed by atoms with Gasteiger partial charge in [0.2, 0.25) is 0 Å². The third-order valence-corrected chi connectivity index (χ3v) is 3.13. The van der Waals surface area contributed by atoms with Crippen molar-refractivity contribution in [3.05, 3.63) is 17.3 Å². The van der Waals surface area contributed by atoms with Gasteiger partial charge in [0.05, 0.1) is 21.3 Å². The number of aromatic amines is 1. The van der Waals surface area contributed by atoms with Crippen molar-refractivity contribution < 1.29 is 4.79 Å². The predicted octanol–water partition coefficient (Wildman–Crippen LogP) is 1.99. The maximum atomic E-state index is 11.2. The van der Waals surface area contributed by atoms with Crippen LogP contribution in [0.3, 0.4) is 0 Å². The van der Waals surface area contributed by atoms with Crippen molar-refractivity contribution >= 4 is 44.9 Å². The van der Waals surface area contributed by atoms with Crippen LogP contribution in [0.2, 0.25) is 0 Å². The second-order valence-corrected chi connectivity index (χ2v) is 4.45. The first-order valence-electron chi connectivity index (χ1n) is 4.80. The Balaban J connectivity index is 0.000000249. The van der Waals surface area contributed by atoms with Gasteiger partial charge in [0, 0.05) is 20.3 Å². The Morgan fingerprint density at radius 2 is 2.47 bits per heavy atom. The number of hydrogen-bond donors (Lipinski definition) is 2. The van der Waals surface area contributed by atoms with E-state index in [4.69, 9.17) is 0 Å². The number of nitrogens with one attached hydrogen (secondary N) is 2. The number of thiazole rings is 1. The van der Waals surface area contributed by atoms with Gasteiger partial charge >= 0.3 is 0 Å². The van der Waals surface area contributed by atoms with Crippen LogP contribution in [0.5, 0.6) is 0 Å². The summed E-state index contributed by atoms with van der Waals surface area (Å²) in [4.78, 5) is 21.9. The van der Waals surface area contributed by atoms with Crippen LogP contribution < -0.4 is 5.32 Å². The molecule has 0 bridgehead atoms. The summed E-state index contributed by atoms with van der Waals surface area (Å²) in [5.41, 5.74) is 4.95. The summed E-state index contributed by atoms with van der Waals surface area (Å²) in [5, 5.41) is 2.57. The molecule has 0 aliphatic carbocycles. The van der Waals surface area contributed by atoms with Gasteiger partial charge in [-0.05, 0) is 6.26 Å². The van der Waals surface area contributed by atoms with Crippen molar-refractivity contribution in [3.8, 4) is 0 Å².